The Morgan fingerprint density at radius 2 is 1.67 bits per heavy atom. The number of hydrogen-bond acceptors (Lipinski definition) is 2. The van der Waals surface area contributed by atoms with Crippen molar-refractivity contribution < 1.29 is 4.79 Å². The molecule has 12 heavy (non-hydrogen) atoms. The number of carbonyl (C=O) groups excluding carboxylic acids is 1. The van der Waals surface area contributed by atoms with E-state index in [0.29, 0.717) is 17.6 Å². The third-order valence-corrected chi connectivity index (χ3v) is 2.83. The van der Waals surface area contributed by atoms with Gasteiger partial charge in [-0.1, -0.05) is 6.58 Å². The van der Waals surface area contributed by atoms with Gasteiger partial charge in [-0.25, -0.2) is 0 Å². The molecule has 1 aliphatic carbocycles. The molecule has 0 radical (unpaired) electrons. The van der Waals surface area contributed by atoms with Gasteiger partial charge in [0.2, 0.25) is 0 Å². The number of rotatable bonds is 2. The molecule has 68 valence electrons. The molecule has 2 N–H and O–H groups in total. The predicted molar refractivity (Wildman–Crippen MR) is 49.5 cm³/mol. The normalized spacial score (nSPS) is 29.8. The second kappa shape index (κ2) is 3.74. The van der Waals surface area contributed by atoms with Crippen LogP contribution in [0.5, 0.6) is 0 Å². The lowest BCUT2D eigenvalue weighted by Crippen LogP contribution is -2.22. The third kappa shape index (κ3) is 2.10. The summed E-state index contributed by atoms with van der Waals surface area (Å²) < 4.78 is 0. The molecule has 2 nitrogen and oxygen atoms in total. The van der Waals surface area contributed by atoms with E-state index in [1.54, 1.807) is 6.92 Å². The highest BCUT2D eigenvalue weighted by molar-refractivity contribution is 5.78. The number of ketones is 1. The lowest BCUT2D eigenvalue weighted by Gasteiger charge is -2.26. The summed E-state index contributed by atoms with van der Waals surface area (Å²) in [5, 5.41) is 0. The molecule has 0 amide bonds. The molecule has 1 saturated carbocycles. The Hall–Kier alpha value is -0.790. The molecule has 0 aliphatic heterocycles. The van der Waals surface area contributed by atoms with Gasteiger partial charge in [-0.3, -0.25) is 4.79 Å². The van der Waals surface area contributed by atoms with Crippen LogP contribution < -0.4 is 5.73 Å². The van der Waals surface area contributed by atoms with E-state index in [1.165, 1.54) is 0 Å². The summed E-state index contributed by atoms with van der Waals surface area (Å²) in [6, 6.07) is 0. The lowest BCUT2D eigenvalue weighted by atomic mass is 9.79. The maximum absolute atomic E-state index is 11.0. The van der Waals surface area contributed by atoms with Crippen molar-refractivity contribution in [1.82, 2.24) is 0 Å². The summed E-state index contributed by atoms with van der Waals surface area (Å²) in [5.74, 6) is 1.08. The van der Waals surface area contributed by atoms with E-state index in [1.807, 2.05) is 0 Å². The van der Waals surface area contributed by atoms with E-state index in [4.69, 9.17) is 5.73 Å². The topological polar surface area (TPSA) is 43.1 Å². The number of allylic oxidation sites excluding steroid dienone is 1. The van der Waals surface area contributed by atoms with E-state index in [9.17, 15) is 4.79 Å². The quantitative estimate of drug-likeness (QED) is 0.682. The molecule has 1 rings (SSSR count). The summed E-state index contributed by atoms with van der Waals surface area (Å²) in [5.41, 5.74) is 6.40. The predicted octanol–water partition coefficient (Wildman–Crippen LogP) is 1.85. The highest BCUT2D eigenvalue weighted by Gasteiger charge is 2.24. The van der Waals surface area contributed by atoms with Crippen LogP contribution in [0.1, 0.15) is 32.6 Å². The number of Topliss-reactive ketones (excluding diaryl/α,β-unsaturated/α-hetero) is 1. The molecule has 0 aromatic rings. The SMILES string of the molecule is C=C(N)C1CCC(C(C)=O)CC1. The van der Waals surface area contributed by atoms with Gasteiger partial charge in [0, 0.05) is 11.6 Å². The monoisotopic (exact) mass is 167 g/mol. The van der Waals surface area contributed by atoms with Crippen molar-refractivity contribution in [3.05, 3.63) is 12.3 Å². The van der Waals surface area contributed by atoms with Gasteiger partial charge in [0.05, 0.1) is 0 Å². The number of hydrogen-bond donors (Lipinski definition) is 1. The van der Waals surface area contributed by atoms with Crippen LogP contribution in [-0.2, 0) is 4.79 Å². The van der Waals surface area contributed by atoms with Gasteiger partial charge >= 0.3 is 0 Å². The van der Waals surface area contributed by atoms with Gasteiger partial charge in [-0.15, -0.1) is 0 Å². The maximum atomic E-state index is 11.0. The molecule has 0 spiro atoms. The third-order valence-electron chi connectivity index (χ3n) is 2.83. The van der Waals surface area contributed by atoms with E-state index < -0.39 is 0 Å². The Balaban J connectivity index is 2.39. The number of carbonyl (C=O) groups is 1. The molecule has 0 aromatic carbocycles. The average molecular weight is 167 g/mol. The lowest BCUT2D eigenvalue weighted by molar-refractivity contribution is -0.121. The van der Waals surface area contributed by atoms with Crippen molar-refractivity contribution >= 4 is 5.78 Å². The first-order valence-corrected chi connectivity index (χ1v) is 4.56. The minimum Gasteiger partial charge on any atom is -0.402 e. The Kier molecular flexibility index (Phi) is 2.90. The summed E-state index contributed by atoms with van der Waals surface area (Å²) >= 11 is 0. The summed E-state index contributed by atoms with van der Waals surface area (Å²) in [4.78, 5) is 11.0. The van der Waals surface area contributed by atoms with Gasteiger partial charge < -0.3 is 5.73 Å². The first-order valence-electron chi connectivity index (χ1n) is 4.56. The van der Waals surface area contributed by atoms with Crippen LogP contribution in [0, 0.1) is 11.8 Å². The summed E-state index contributed by atoms with van der Waals surface area (Å²) in [6.07, 6.45) is 4.08. The Labute approximate surface area is 73.8 Å². The Bertz CT molecular complexity index is 168. The molecule has 1 fully saturated rings. The van der Waals surface area contributed by atoms with Crippen LogP contribution in [0.15, 0.2) is 12.3 Å². The van der Waals surface area contributed by atoms with Crippen molar-refractivity contribution in [2.75, 3.05) is 0 Å². The first-order chi connectivity index (χ1) is 5.61. The molecule has 0 bridgehead atoms. The Morgan fingerprint density at radius 3 is 2.00 bits per heavy atom. The Morgan fingerprint density at radius 1 is 1.25 bits per heavy atom. The fourth-order valence-electron chi connectivity index (χ4n) is 1.87. The zero-order chi connectivity index (χ0) is 9.14. The van der Waals surface area contributed by atoms with E-state index in [-0.39, 0.29) is 0 Å². The van der Waals surface area contributed by atoms with Crippen LogP contribution in [0.25, 0.3) is 0 Å². The second-order valence-corrected chi connectivity index (χ2v) is 3.73. The molecule has 0 saturated heterocycles. The van der Waals surface area contributed by atoms with Gasteiger partial charge in [-0.05, 0) is 38.5 Å². The summed E-state index contributed by atoms with van der Waals surface area (Å²) in [7, 11) is 0. The van der Waals surface area contributed by atoms with Gasteiger partial charge in [0.25, 0.3) is 0 Å². The highest BCUT2D eigenvalue weighted by Crippen LogP contribution is 2.31. The highest BCUT2D eigenvalue weighted by atomic mass is 16.1. The molecule has 2 heteroatoms. The largest absolute Gasteiger partial charge is 0.402 e. The molecule has 0 atom stereocenters. The van der Waals surface area contributed by atoms with Gasteiger partial charge in [-0.2, -0.15) is 0 Å². The van der Waals surface area contributed by atoms with Crippen molar-refractivity contribution in [2.45, 2.75) is 32.6 Å². The maximum Gasteiger partial charge on any atom is 0.132 e. The van der Waals surface area contributed by atoms with E-state index >= 15 is 0 Å². The van der Waals surface area contributed by atoms with E-state index in [0.717, 1.165) is 31.4 Å². The molecular weight excluding hydrogens is 150 g/mol. The fourth-order valence-corrected chi connectivity index (χ4v) is 1.87. The molecule has 0 heterocycles. The van der Waals surface area contributed by atoms with Crippen LogP contribution in [0.3, 0.4) is 0 Å². The zero-order valence-electron chi connectivity index (χ0n) is 7.68. The minimum absolute atomic E-state index is 0.292. The van der Waals surface area contributed by atoms with Crippen LogP contribution in [0.4, 0.5) is 0 Å². The molecular formula is C10H17NO. The smallest absolute Gasteiger partial charge is 0.132 e. The van der Waals surface area contributed by atoms with Crippen LogP contribution in [0.2, 0.25) is 0 Å². The van der Waals surface area contributed by atoms with Crippen molar-refractivity contribution in [3.8, 4) is 0 Å². The average Bonchev–Trinajstić information content (AvgIpc) is 2.04. The minimum atomic E-state index is 0.292. The standard InChI is InChI=1S/C10H17NO/c1-7(11)9-3-5-10(6-4-9)8(2)12/h9-10H,1,3-6,11H2,2H3. The molecule has 0 aromatic heterocycles. The van der Waals surface area contributed by atoms with Crippen molar-refractivity contribution in [2.24, 2.45) is 17.6 Å². The van der Waals surface area contributed by atoms with Crippen molar-refractivity contribution in [3.63, 3.8) is 0 Å². The van der Waals surface area contributed by atoms with E-state index in [2.05, 4.69) is 6.58 Å². The van der Waals surface area contributed by atoms with Crippen LogP contribution >= 0.6 is 0 Å². The first kappa shape index (κ1) is 9.30. The number of nitrogens with two attached hydrogens (primary N) is 1. The van der Waals surface area contributed by atoms with Crippen LogP contribution in [-0.4, -0.2) is 5.78 Å². The molecule has 0 unspecified atom stereocenters. The second-order valence-electron chi connectivity index (χ2n) is 3.73. The van der Waals surface area contributed by atoms with Gasteiger partial charge in [0.15, 0.2) is 0 Å². The summed E-state index contributed by atoms with van der Waals surface area (Å²) in [6.45, 7) is 5.42. The molecule has 1 aliphatic rings. The zero-order valence-corrected chi connectivity index (χ0v) is 7.68. The van der Waals surface area contributed by atoms with Gasteiger partial charge in [0.1, 0.15) is 5.78 Å². The fraction of sp³-hybridized carbons (Fsp3) is 0.700. The van der Waals surface area contributed by atoms with Crippen molar-refractivity contribution in [1.29, 1.82) is 0 Å².